The molecule has 1 amide bonds. The van der Waals surface area contributed by atoms with E-state index in [0.29, 0.717) is 24.1 Å². The Balaban J connectivity index is 1.93. The summed E-state index contributed by atoms with van der Waals surface area (Å²) in [5.41, 5.74) is 0.912. The summed E-state index contributed by atoms with van der Waals surface area (Å²) in [7, 11) is 0. The highest BCUT2D eigenvalue weighted by atomic mass is 19.1. The summed E-state index contributed by atoms with van der Waals surface area (Å²) >= 11 is 0. The van der Waals surface area contributed by atoms with E-state index in [1.54, 1.807) is 29.2 Å². The predicted octanol–water partition coefficient (Wildman–Crippen LogP) is 2.26. The minimum Gasteiger partial charge on any atom is -0.391 e. The van der Waals surface area contributed by atoms with Crippen molar-refractivity contribution in [1.29, 1.82) is 0 Å². The maximum Gasteiger partial charge on any atom is 0.254 e. The molecule has 1 aliphatic rings. The number of nitrogens with zero attached hydrogens (tertiary/aromatic N) is 1. The molecule has 0 bridgehead atoms. The first-order valence-electron chi connectivity index (χ1n) is 7.43. The minimum absolute atomic E-state index is 0.271. The third-order valence-electron chi connectivity index (χ3n) is 3.96. The summed E-state index contributed by atoms with van der Waals surface area (Å²) < 4.78 is 13.0. The van der Waals surface area contributed by atoms with E-state index >= 15 is 0 Å². The van der Waals surface area contributed by atoms with E-state index < -0.39 is 11.9 Å². The lowest BCUT2D eigenvalue weighted by Gasteiger charge is -2.17. The molecule has 3 rings (SSSR count). The number of hydrogen-bond donors (Lipinski definition) is 1. The van der Waals surface area contributed by atoms with Gasteiger partial charge in [0, 0.05) is 24.2 Å². The standard InChI is InChI=1S/C18H16FNO3/c19-13-7-5-12(6-8-13)17(22)15-3-1-2-4-16(15)18(23)20-10-9-14(21)11-20/h1-8,14,21H,9-11H2/t14-/m1/s1. The molecule has 23 heavy (non-hydrogen) atoms. The van der Waals surface area contributed by atoms with Gasteiger partial charge in [0.05, 0.1) is 11.7 Å². The summed E-state index contributed by atoms with van der Waals surface area (Å²) in [5, 5.41) is 9.58. The second-order valence-electron chi connectivity index (χ2n) is 5.58. The summed E-state index contributed by atoms with van der Waals surface area (Å²) in [6.07, 6.45) is 0.0266. The number of carbonyl (C=O) groups is 2. The van der Waals surface area contributed by atoms with Crippen molar-refractivity contribution in [3.05, 3.63) is 71.0 Å². The van der Waals surface area contributed by atoms with Crippen molar-refractivity contribution >= 4 is 11.7 Å². The van der Waals surface area contributed by atoms with Crippen LogP contribution in [0.3, 0.4) is 0 Å². The molecule has 1 saturated heterocycles. The molecule has 0 unspecified atom stereocenters. The topological polar surface area (TPSA) is 57.6 Å². The fourth-order valence-corrected chi connectivity index (χ4v) is 2.72. The highest BCUT2D eigenvalue weighted by molar-refractivity contribution is 6.15. The first kappa shape index (κ1) is 15.4. The van der Waals surface area contributed by atoms with E-state index in [0.717, 1.165) is 0 Å². The number of ketones is 1. The van der Waals surface area contributed by atoms with Crippen LogP contribution in [0.1, 0.15) is 32.7 Å². The van der Waals surface area contributed by atoms with Crippen LogP contribution in [0.15, 0.2) is 48.5 Å². The monoisotopic (exact) mass is 313 g/mol. The highest BCUT2D eigenvalue weighted by Crippen LogP contribution is 2.19. The van der Waals surface area contributed by atoms with Crippen LogP contribution in [0.25, 0.3) is 0 Å². The Kier molecular flexibility index (Phi) is 4.21. The van der Waals surface area contributed by atoms with E-state index in [9.17, 15) is 19.1 Å². The van der Waals surface area contributed by atoms with Crippen LogP contribution in [0, 0.1) is 5.82 Å². The van der Waals surface area contributed by atoms with Gasteiger partial charge in [-0.1, -0.05) is 18.2 Å². The summed E-state index contributed by atoms with van der Waals surface area (Å²) in [6.45, 7) is 0.747. The normalized spacial score (nSPS) is 17.3. The Morgan fingerprint density at radius 3 is 2.30 bits per heavy atom. The predicted molar refractivity (Wildman–Crippen MR) is 82.8 cm³/mol. The van der Waals surface area contributed by atoms with Crippen molar-refractivity contribution in [1.82, 2.24) is 4.90 Å². The van der Waals surface area contributed by atoms with Crippen LogP contribution >= 0.6 is 0 Å². The lowest BCUT2D eigenvalue weighted by atomic mass is 9.97. The number of carbonyl (C=O) groups excluding carboxylic acids is 2. The zero-order valence-electron chi connectivity index (χ0n) is 12.4. The summed E-state index contributed by atoms with van der Waals surface area (Å²) in [6, 6.07) is 11.8. The average Bonchev–Trinajstić information content (AvgIpc) is 3.01. The lowest BCUT2D eigenvalue weighted by Crippen LogP contribution is -2.30. The Bertz CT molecular complexity index is 742. The van der Waals surface area contributed by atoms with Gasteiger partial charge in [0.1, 0.15) is 5.82 Å². The van der Waals surface area contributed by atoms with Crippen molar-refractivity contribution in [2.45, 2.75) is 12.5 Å². The number of β-amino-alcohol motifs (C(OH)–C–C–N with tert-alkyl or cyclic N) is 1. The molecule has 0 spiro atoms. The van der Waals surface area contributed by atoms with Crippen molar-refractivity contribution in [2.75, 3.05) is 13.1 Å². The number of benzene rings is 2. The van der Waals surface area contributed by atoms with Crippen LogP contribution in [-0.2, 0) is 0 Å². The fourth-order valence-electron chi connectivity index (χ4n) is 2.72. The lowest BCUT2D eigenvalue weighted by molar-refractivity contribution is 0.0761. The molecule has 0 saturated carbocycles. The maximum absolute atomic E-state index is 13.0. The van der Waals surface area contributed by atoms with E-state index in [1.165, 1.54) is 24.3 Å². The molecule has 4 nitrogen and oxygen atoms in total. The van der Waals surface area contributed by atoms with E-state index in [-0.39, 0.29) is 23.8 Å². The zero-order chi connectivity index (χ0) is 16.4. The largest absolute Gasteiger partial charge is 0.391 e. The number of halogens is 1. The maximum atomic E-state index is 13.0. The van der Waals surface area contributed by atoms with Crippen LogP contribution < -0.4 is 0 Å². The van der Waals surface area contributed by atoms with Gasteiger partial charge in [-0.2, -0.15) is 0 Å². The molecule has 1 atom stereocenters. The van der Waals surface area contributed by atoms with Gasteiger partial charge < -0.3 is 10.0 Å². The van der Waals surface area contributed by atoms with E-state index in [1.807, 2.05) is 0 Å². The number of aliphatic hydroxyl groups excluding tert-OH is 1. The molecule has 1 heterocycles. The smallest absolute Gasteiger partial charge is 0.254 e. The highest BCUT2D eigenvalue weighted by Gasteiger charge is 2.28. The number of aliphatic hydroxyl groups is 1. The molecule has 118 valence electrons. The molecule has 0 aromatic heterocycles. The van der Waals surface area contributed by atoms with Gasteiger partial charge in [0.15, 0.2) is 5.78 Å². The third kappa shape index (κ3) is 3.14. The molecule has 0 radical (unpaired) electrons. The Labute approximate surface area is 133 Å². The average molecular weight is 313 g/mol. The Morgan fingerprint density at radius 1 is 1.04 bits per heavy atom. The molecular weight excluding hydrogens is 297 g/mol. The Morgan fingerprint density at radius 2 is 1.70 bits per heavy atom. The second-order valence-corrected chi connectivity index (χ2v) is 5.58. The molecule has 2 aromatic carbocycles. The van der Waals surface area contributed by atoms with Crippen molar-refractivity contribution < 1.29 is 19.1 Å². The SMILES string of the molecule is O=C(c1ccc(F)cc1)c1ccccc1C(=O)N1CC[C@@H](O)C1. The van der Waals surface area contributed by atoms with Crippen LogP contribution in [0.2, 0.25) is 0 Å². The molecule has 1 fully saturated rings. The number of hydrogen-bond acceptors (Lipinski definition) is 3. The van der Waals surface area contributed by atoms with Crippen molar-refractivity contribution in [3.63, 3.8) is 0 Å². The van der Waals surface area contributed by atoms with Gasteiger partial charge in [0.2, 0.25) is 0 Å². The van der Waals surface area contributed by atoms with Crippen LogP contribution in [0.4, 0.5) is 4.39 Å². The van der Waals surface area contributed by atoms with Crippen LogP contribution in [-0.4, -0.2) is 40.9 Å². The molecule has 1 aliphatic heterocycles. The van der Waals surface area contributed by atoms with Gasteiger partial charge in [0.25, 0.3) is 5.91 Å². The third-order valence-corrected chi connectivity index (χ3v) is 3.96. The van der Waals surface area contributed by atoms with Gasteiger partial charge >= 0.3 is 0 Å². The van der Waals surface area contributed by atoms with Gasteiger partial charge in [-0.3, -0.25) is 9.59 Å². The molecule has 0 aliphatic carbocycles. The number of rotatable bonds is 3. The zero-order valence-corrected chi connectivity index (χ0v) is 12.4. The molecular formula is C18H16FNO3. The molecule has 5 heteroatoms. The minimum atomic E-state index is -0.515. The van der Waals surface area contributed by atoms with Crippen molar-refractivity contribution in [3.8, 4) is 0 Å². The van der Waals surface area contributed by atoms with Gasteiger partial charge in [-0.05, 0) is 36.8 Å². The Hall–Kier alpha value is -2.53. The van der Waals surface area contributed by atoms with Gasteiger partial charge in [-0.25, -0.2) is 4.39 Å². The fraction of sp³-hybridized carbons (Fsp3) is 0.222. The summed E-state index contributed by atoms with van der Waals surface area (Å²) in [4.78, 5) is 26.8. The van der Waals surface area contributed by atoms with Gasteiger partial charge in [-0.15, -0.1) is 0 Å². The van der Waals surface area contributed by atoms with E-state index in [2.05, 4.69) is 0 Å². The summed E-state index contributed by atoms with van der Waals surface area (Å²) in [5.74, 6) is -1.02. The molecule has 1 N–H and O–H groups in total. The number of amides is 1. The quantitative estimate of drug-likeness (QED) is 0.884. The van der Waals surface area contributed by atoms with Crippen LogP contribution in [0.5, 0.6) is 0 Å². The van der Waals surface area contributed by atoms with Crippen molar-refractivity contribution in [2.24, 2.45) is 0 Å². The number of likely N-dealkylation sites (tertiary alicyclic amines) is 1. The van der Waals surface area contributed by atoms with E-state index in [4.69, 9.17) is 0 Å². The first-order chi connectivity index (χ1) is 11.1. The molecule has 2 aromatic rings. The first-order valence-corrected chi connectivity index (χ1v) is 7.43. The second kappa shape index (κ2) is 6.30.